The fourth-order valence-electron chi connectivity index (χ4n) is 4.17. The lowest BCUT2D eigenvalue weighted by molar-refractivity contribution is -0.137. The molecule has 0 aromatic carbocycles. The van der Waals surface area contributed by atoms with E-state index in [0.717, 1.165) is 19.4 Å². The second-order valence-electron chi connectivity index (χ2n) is 7.41. The molecule has 1 aromatic rings. The first kappa shape index (κ1) is 17.3. The summed E-state index contributed by atoms with van der Waals surface area (Å²) in [5.41, 5.74) is 0.336. The number of nitrogens with zero attached hydrogens (tertiary/aromatic N) is 3. The first-order valence-corrected chi connectivity index (χ1v) is 9.47. The van der Waals surface area contributed by atoms with Gasteiger partial charge < -0.3 is 15.1 Å². The molecule has 4 rings (SSSR count). The Labute approximate surface area is 156 Å². The lowest BCUT2D eigenvalue weighted by Gasteiger charge is -2.46. The highest BCUT2D eigenvalue weighted by molar-refractivity contribution is 6.33. The molecule has 4 heterocycles. The Morgan fingerprint density at radius 3 is 2.58 bits per heavy atom. The number of aromatic amines is 1. The van der Waals surface area contributed by atoms with Crippen LogP contribution in [0.3, 0.4) is 0 Å². The van der Waals surface area contributed by atoms with E-state index in [9.17, 15) is 14.4 Å². The van der Waals surface area contributed by atoms with Crippen LogP contribution in [0, 0.1) is 11.8 Å². The van der Waals surface area contributed by atoms with Crippen LogP contribution in [0.15, 0.2) is 6.20 Å². The number of carbonyl (C=O) groups excluding carboxylic acids is 3. The summed E-state index contributed by atoms with van der Waals surface area (Å²) in [5, 5.41) is 9.53. The van der Waals surface area contributed by atoms with Crippen LogP contribution >= 0.6 is 11.6 Å². The quantitative estimate of drug-likeness (QED) is 0.805. The maximum atomic E-state index is 12.6. The zero-order valence-electron chi connectivity index (χ0n) is 14.4. The van der Waals surface area contributed by atoms with Crippen LogP contribution in [0.1, 0.15) is 36.2 Å². The van der Waals surface area contributed by atoms with Gasteiger partial charge in [0.2, 0.25) is 11.8 Å². The topological polar surface area (TPSA) is 98.4 Å². The van der Waals surface area contributed by atoms with E-state index < -0.39 is 0 Å². The summed E-state index contributed by atoms with van der Waals surface area (Å²) in [4.78, 5) is 40.0. The molecule has 2 N–H and O–H groups in total. The summed E-state index contributed by atoms with van der Waals surface area (Å²) < 4.78 is 0. The van der Waals surface area contributed by atoms with Gasteiger partial charge in [0.15, 0.2) is 0 Å². The number of aromatic nitrogens is 2. The van der Waals surface area contributed by atoms with E-state index in [1.54, 1.807) is 4.90 Å². The predicted octanol–water partition coefficient (Wildman–Crippen LogP) is 0.652. The van der Waals surface area contributed by atoms with E-state index in [0.29, 0.717) is 55.0 Å². The number of amides is 3. The Morgan fingerprint density at radius 1 is 1.15 bits per heavy atom. The highest BCUT2D eigenvalue weighted by Gasteiger charge is 2.41. The van der Waals surface area contributed by atoms with Crippen molar-refractivity contribution < 1.29 is 14.4 Å². The van der Waals surface area contributed by atoms with Gasteiger partial charge in [-0.2, -0.15) is 5.10 Å². The number of likely N-dealkylation sites (tertiary alicyclic amines) is 2. The molecule has 0 saturated carbocycles. The highest BCUT2D eigenvalue weighted by atomic mass is 35.5. The summed E-state index contributed by atoms with van der Waals surface area (Å²) in [6.45, 7) is 2.83. The van der Waals surface area contributed by atoms with Crippen LogP contribution in [0.2, 0.25) is 5.02 Å². The largest absolute Gasteiger partial charge is 0.344 e. The van der Waals surface area contributed by atoms with E-state index in [4.69, 9.17) is 11.6 Å². The van der Waals surface area contributed by atoms with E-state index >= 15 is 0 Å². The molecule has 1 aromatic heterocycles. The first-order chi connectivity index (χ1) is 12.5. The number of piperidine rings is 1. The fourth-order valence-corrected chi connectivity index (χ4v) is 4.34. The lowest BCUT2D eigenvalue weighted by atomic mass is 9.80. The molecule has 3 aliphatic rings. The van der Waals surface area contributed by atoms with Crippen LogP contribution in [-0.2, 0) is 9.59 Å². The van der Waals surface area contributed by atoms with Gasteiger partial charge in [-0.1, -0.05) is 11.6 Å². The van der Waals surface area contributed by atoms with Gasteiger partial charge in [0.05, 0.1) is 11.2 Å². The Morgan fingerprint density at radius 2 is 1.92 bits per heavy atom. The van der Waals surface area contributed by atoms with Crippen LogP contribution in [0.4, 0.5) is 0 Å². The van der Waals surface area contributed by atoms with Crippen molar-refractivity contribution in [3.05, 3.63) is 16.9 Å². The normalized spacial score (nSPS) is 26.6. The van der Waals surface area contributed by atoms with Crippen LogP contribution in [0.25, 0.3) is 0 Å². The molecular formula is C17H22ClN5O3. The molecule has 3 fully saturated rings. The van der Waals surface area contributed by atoms with E-state index in [1.807, 2.05) is 4.90 Å². The van der Waals surface area contributed by atoms with Gasteiger partial charge in [-0.05, 0) is 31.1 Å². The van der Waals surface area contributed by atoms with E-state index in [1.165, 1.54) is 6.20 Å². The molecular weight excluding hydrogens is 358 g/mol. The second kappa shape index (κ2) is 6.90. The molecule has 2 atom stereocenters. The molecule has 0 spiro atoms. The minimum absolute atomic E-state index is 0.0389. The molecule has 0 radical (unpaired) electrons. The van der Waals surface area contributed by atoms with Gasteiger partial charge in [0.25, 0.3) is 5.91 Å². The summed E-state index contributed by atoms with van der Waals surface area (Å²) in [6.07, 6.45) is 4.49. The average molecular weight is 380 g/mol. The monoisotopic (exact) mass is 379 g/mol. The van der Waals surface area contributed by atoms with E-state index in [2.05, 4.69) is 15.5 Å². The van der Waals surface area contributed by atoms with Gasteiger partial charge in [-0.25, -0.2) is 0 Å². The Bertz CT molecular complexity index is 730. The van der Waals surface area contributed by atoms with Crippen molar-refractivity contribution in [1.29, 1.82) is 0 Å². The highest BCUT2D eigenvalue weighted by Crippen LogP contribution is 2.32. The van der Waals surface area contributed by atoms with Gasteiger partial charge >= 0.3 is 0 Å². The van der Waals surface area contributed by atoms with Crippen LogP contribution in [0.5, 0.6) is 0 Å². The minimum Gasteiger partial charge on any atom is -0.344 e. The second-order valence-corrected chi connectivity index (χ2v) is 7.82. The minimum atomic E-state index is -0.358. The molecule has 3 amide bonds. The summed E-state index contributed by atoms with van der Waals surface area (Å²) in [7, 11) is 0. The molecule has 26 heavy (non-hydrogen) atoms. The third-order valence-corrected chi connectivity index (χ3v) is 6.02. The molecule has 9 heteroatoms. The van der Waals surface area contributed by atoms with Crippen molar-refractivity contribution in [2.24, 2.45) is 11.8 Å². The van der Waals surface area contributed by atoms with Crippen molar-refractivity contribution in [2.45, 2.75) is 31.7 Å². The Balaban J connectivity index is 1.31. The standard InChI is InChI=1S/C17H22ClN5O3/c18-12-6-19-21-15(12)17(26)23-8-11(9-23)10-2-1-5-22(7-10)16(25)13-3-4-14(24)20-13/h6,10-11,13H,1-5,7-9H2,(H,19,21)(H,20,24)/t10?,13-/m1/s1. The van der Waals surface area contributed by atoms with Crippen molar-refractivity contribution in [3.63, 3.8) is 0 Å². The number of hydrogen-bond acceptors (Lipinski definition) is 4. The fraction of sp³-hybridized carbons (Fsp3) is 0.647. The third-order valence-electron chi connectivity index (χ3n) is 5.73. The zero-order chi connectivity index (χ0) is 18.3. The molecule has 0 aliphatic carbocycles. The van der Waals surface area contributed by atoms with Crippen LogP contribution in [-0.4, -0.2) is 69.9 Å². The SMILES string of the molecule is O=C1CC[C@H](C(=O)N2CCCC(C3CN(C(=O)c4[nH]ncc4Cl)C3)C2)N1. The van der Waals surface area contributed by atoms with Crippen LogP contribution < -0.4 is 5.32 Å². The molecule has 3 saturated heterocycles. The molecule has 3 aliphatic heterocycles. The summed E-state index contributed by atoms with van der Waals surface area (Å²) in [6, 6.07) is -0.358. The summed E-state index contributed by atoms with van der Waals surface area (Å²) >= 11 is 5.96. The first-order valence-electron chi connectivity index (χ1n) is 9.09. The van der Waals surface area contributed by atoms with Gasteiger partial charge in [-0.15, -0.1) is 0 Å². The molecule has 0 bridgehead atoms. The number of halogens is 1. The maximum Gasteiger partial charge on any atom is 0.273 e. The van der Waals surface area contributed by atoms with Crippen molar-refractivity contribution in [2.75, 3.05) is 26.2 Å². The third kappa shape index (κ3) is 3.18. The summed E-state index contributed by atoms with van der Waals surface area (Å²) in [5.74, 6) is 0.668. The number of H-pyrrole nitrogens is 1. The smallest absolute Gasteiger partial charge is 0.273 e. The molecule has 8 nitrogen and oxygen atoms in total. The lowest BCUT2D eigenvalue weighted by Crippen LogP contribution is -2.57. The number of hydrogen-bond donors (Lipinski definition) is 2. The number of rotatable bonds is 3. The molecule has 1 unspecified atom stereocenters. The van der Waals surface area contributed by atoms with Gasteiger partial charge in [-0.3, -0.25) is 19.5 Å². The number of carbonyl (C=O) groups is 3. The van der Waals surface area contributed by atoms with Gasteiger partial charge in [0, 0.05) is 32.6 Å². The van der Waals surface area contributed by atoms with Crippen molar-refractivity contribution >= 4 is 29.3 Å². The Hall–Kier alpha value is -2.09. The van der Waals surface area contributed by atoms with Crippen molar-refractivity contribution in [3.8, 4) is 0 Å². The maximum absolute atomic E-state index is 12.6. The zero-order valence-corrected chi connectivity index (χ0v) is 15.2. The Kier molecular flexibility index (Phi) is 4.60. The van der Waals surface area contributed by atoms with Crippen molar-refractivity contribution in [1.82, 2.24) is 25.3 Å². The van der Waals surface area contributed by atoms with E-state index in [-0.39, 0.29) is 23.8 Å². The average Bonchev–Trinajstić information content (AvgIpc) is 3.21. The number of nitrogens with one attached hydrogen (secondary N) is 2. The van der Waals surface area contributed by atoms with Gasteiger partial charge in [0.1, 0.15) is 11.7 Å². The predicted molar refractivity (Wildman–Crippen MR) is 93.5 cm³/mol. The molecule has 140 valence electrons.